The van der Waals surface area contributed by atoms with E-state index < -0.39 is 5.97 Å². The molecule has 0 atom stereocenters. The van der Waals surface area contributed by atoms with Crippen LogP contribution >= 0.6 is 23.2 Å². The fourth-order valence-electron chi connectivity index (χ4n) is 3.56. The molecule has 36 heavy (non-hydrogen) atoms. The molecule has 0 aliphatic rings. The van der Waals surface area contributed by atoms with Crippen molar-refractivity contribution in [1.29, 1.82) is 0 Å². The van der Waals surface area contributed by atoms with Gasteiger partial charge in [0.1, 0.15) is 5.75 Å². The van der Waals surface area contributed by atoms with E-state index in [1.807, 2.05) is 6.07 Å². The largest absolute Gasteiger partial charge is 0.422 e. The molecule has 0 amide bonds. The van der Waals surface area contributed by atoms with Crippen LogP contribution in [0.5, 0.6) is 5.75 Å². The molecule has 5 rings (SSSR count). The molecule has 8 heteroatoms. The van der Waals surface area contributed by atoms with Crippen LogP contribution in [-0.4, -0.2) is 21.8 Å². The summed E-state index contributed by atoms with van der Waals surface area (Å²) in [6.45, 7) is 0. The van der Waals surface area contributed by atoms with Crippen LogP contribution in [0.3, 0.4) is 0 Å². The third kappa shape index (κ3) is 4.91. The summed E-state index contributed by atoms with van der Waals surface area (Å²) in [4.78, 5) is 30.7. The van der Waals surface area contributed by atoms with E-state index in [0.29, 0.717) is 43.5 Å². The van der Waals surface area contributed by atoms with E-state index in [1.54, 1.807) is 91.0 Å². The monoisotopic (exact) mass is 513 g/mol. The summed E-state index contributed by atoms with van der Waals surface area (Å²) in [6.07, 6.45) is 1.46. The lowest BCUT2D eigenvalue weighted by atomic mass is 10.2. The second-order valence-corrected chi connectivity index (χ2v) is 8.63. The third-order valence-electron chi connectivity index (χ3n) is 5.37. The molecule has 0 saturated carbocycles. The van der Waals surface area contributed by atoms with E-state index in [4.69, 9.17) is 27.9 Å². The van der Waals surface area contributed by atoms with Gasteiger partial charge in [-0.2, -0.15) is 9.78 Å². The number of aromatic nitrogens is 2. The minimum absolute atomic E-state index is 0.288. The maximum absolute atomic E-state index is 13.4. The molecule has 0 spiro atoms. The number of benzene rings is 4. The Morgan fingerprint density at radius 1 is 0.833 bits per heavy atom. The standard InChI is InChI=1S/C28H17Cl2N3O3/c29-21-13-9-18(10-14-21)26-32-24-7-3-2-6-23(24)27(34)33(26)31-17-20-5-1-4-8-25(20)36-28(35)19-11-15-22(30)16-12-19/h1-17H. The van der Waals surface area contributed by atoms with Gasteiger partial charge < -0.3 is 4.74 Å². The molecular formula is C28H17Cl2N3O3. The van der Waals surface area contributed by atoms with Crippen molar-refractivity contribution < 1.29 is 9.53 Å². The van der Waals surface area contributed by atoms with E-state index in [2.05, 4.69) is 10.1 Å². The zero-order valence-electron chi connectivity index (χ0n) is 18.6. The quantitative estimate of drug-likeness (QED) is 0.153. The van der Waals surface area contributed by atoms with Gasteiger partial charge in [-0.25, -0.2) is 9.78 Å². The number of carbonyl (C=O) groups is 1. The number of nitrogens with zero attached hydrogens (tertiary/aromatic N) is 3. The molecule has 0 aliphatic carbocycles. The van der Waals surface area contributed by atoms with Crippen LogP contribution in [0.2, 0.25) is 10.0 Å². The highest BCUT2D eigenvalue weighted by molar-refractivity contribution is 6.31. The Kier molecular flexibility index (Phi) is 6.62. The van der Waals surface area contributed by atoms with Crippen molar-refractivity contribution in [2.45, 2.75) is 0 Å². The number of rotatable bonds is 5. The van der Waals surface area contributed by atoms with Crippen molar-refractivity contribution in [2.75, 3.05) is 0 Å². The summed E-state index contributed by atoms with van der Waals surface area (Å²) in [5.74, 6) is 0.0946. The van der Waals surface area contributed by atoms with Crippen molar-refractivity contribution in [1.82, 2.24) is 9.66 Å². The van der Waals surface area contributed by atoms with E-state index >= 15 is 0 Å². The zero-order valence-corrected chi connectivity index (χ0v) is 20.1. The topological polar surface area (TPSA) is 73.5 Å². The number of fused-ring (bicyclic) bond motifs is 1. The summed E-state index contributed by atoms with van der Waals surface area (Å²) >= 11 is 12.0. The molecule has 0 saturated heterocycles. The predicted molar refractivity (Wildman–Crippen MR) is 142 cm³/mol. The second-order valence-electron chi connectivity index (χ2n) is 7.76. The maximum atomic E-state index is 13.4. The first kappa shape index (κ1) is 23.5. The fourth-order valence-corrected chi connectivity index (χ4v) is 3.81. The molecule has 176 valence electrons. The van der Waals surface area contributed by atoms with Gasteiger partial charge in [-0.3, -0.25) is 4.79 Å². The Labute approximate surface area is 216 Å². The number of halogens is 2. The van der Waals surface area contributed by atoms with Gasteiger partial charge in [0, 0.05) is 21.2 Å². The first-order chi connectivity index (χ1) is 17.5. The van der Waals surface area contributed by atoms with E-state index in [-0.39, 0.29) is 11.3 Å². The van der Waals surface area contributed by atoms with Crippen LogP contribution in [-0.2, 0) is 0 Å². The van der Waals surface area contributed by atoms with Gasteiger partial charge in [0.05, 0.1) is 22.7 Å². The van der Waals surface area contributed by atoms with Crippen LogP contribution in [0.15, 0.2) is 107 Å². The summed E-state index contributed by atoms with van der Waals surface area (Å²) in [5.41, 5.74) is 1.74. The molecule has 1 heterocycles. The first-order valence-corrected chi connectivity index (χ1v) is 11.6. The number of esters is 1. The zero-order chi connectivity index (χ0) is 25.1. The lowest BCUT2D eigenvalue weighted by Gasteiger charge is -2.10. The molecule has 0 unspecified atom stereocenters. The molecule has 5 aromatic rings. The molecule has 4 aromatic carbocycles. The van der Waals surface area contributed by atoms with Crippen LogP contribution in [0.4, 0.5) is 0 Å². The Morgan fingerprint density at radius 3 is 2.22 bits per heavy atom. The first-order valence-electron chi connectivity index (χ1n) is 10.9. The third-order valence-corrected chi connectivity index (χ3v) is 5.87. The van der Waals surface area contributed by atoms with Gasteiger partial charge in [-0.15, -0.1) is 0 Å². The Hall–Kier alpha value is -4.26. The molecule has 0 radical (unpaired) electrons. The number of hydrogen-bond donors (Lipinski definition) is 0. The highest BCUT2D eigenvalue weighted by Gasteiger charge is 2.14. The van der Waals surface area contributed by atoms with Crippen LogP contribution in [0, 0.1) is 0 Å². The number of carbonyl (C=O) groups excluding carboxylic acids is 1. The number of hydrogen-bond acceptors (Lipinski definition) is 5. The van der Waals surface area contributed by atoms with Crippen molar-refractivity contribution in [3.05, 3.63) is 129 Å². The molecule has 0 bridgehead atoms. The van der Waals surface area contributed by atoms with Crippen molar-refractivity contribution in [3.63, 3.8) is 0 Å². The molecule has 0 aliphatic heterocycles. The Balaban J connectivity index is 1.56. The SMILES string of the molecule is O=C(Oc1ccccc1C=Nn1c(-c2ccc(Cl)cc2)nc2ccccc2c1=O)c1ccc(Cl)cc1. The van der Waals surface area contributed by atoms with E-state index in [9.17, 15) is 9.59 Å². The average molecular weight is 514 g/mol. The Bertz CT molecular complexity index is 1660. The average Bonchev–Trinajstić information content (AvgIpc) is 2.90. The lowest BCUT2D eigenvalue weighted by molar-refractivity contribution is 0.0734. The number of ether oxygens (including phenoxy) is 1. The molecule has 6 nitrogen and oxygen atoms in total. The Morgan fingerprint density at radius 2 is 1.47 bits per heavy atom. The highest BCUT2D eigenvalue weighted by Crippen LogP contribution is 2.22. The maximum Gasteiger partial charge on any atom is 0.343 e. The van der Waals surface area contributed by atoms with Crippen molar-refractivity contribution in [3.8, 4) is 17.1 Å². The highest BCUT2D eigenvalue weighted by atomic mass is 35.5. The predicted octanol–water partition coefficient (Wildman–Crippen LogP) is 6.47. The van der Waals surface area contributed by atoms with Crippen molar-refractivity contribution >= 4 is 46.3 Å². The van der Waals surface area contributed by atoms with Gasteiger partial charge in [0.25, 0.3) is 5.56 Å². The van der Waals surface area contributed by atoms with Gasteiger partial charge in [0.2, 0.25) is 0 Å². The second kappa shape index (κ2) is 10.2. The van der Waals surface area contributed by atoms with E-state index in [0.717, 1.165) is 0 Å². The van der Waals surface area contributed by atoms with Crippen LogP contribution < -0.4 is 10.3 Å². The van der Waals surface area contributed by atoms with Crippen LogP contribution in [0.25, 0.3) is 22.3 Å². The fraction of sp³-hybridized carbons (Fsp3) is 0. The van der Waals surface area contributed by atoms with Gasteiger partial charge >= 0.3 is 5.97 Å². The van der Waals surface area contributed by atoms with Gasteiger partial charge in [-0.1, -0.05) is 47.5 Å². The van der Waals surface area contributed by atoms with Crippen LogP contribution in [0.1, 0.15) is 15.9 Å². The lowest BCUT2D eigenvalue weighted by Crippen LogP contribution is -2.20. The molecule has 1 aromatic heterocycles. The molecule has 0 N–H and O–H groups in total. The molecule has 0 fully saturated rings. The minimum atomic E-state index is -0.543. The van der Waals surface area contributed by atoms with Gasteiger partial charge in [-0.05, 0) is 72.8 Å². The molecular weight excluding hydrogens is 497 g/mol. The summed E-state index contributed by atoms with van der Waals surface area (Å²) < 4.78 is 6.82. The smallest absolute Gasteiger partial charge is 0.343 e. The van der Waals surface area contributed by atoms with Crippen molar-refractivity contribution in [2.24, 2.45) is 5.10 Å². The van der Waals surface area contributed by atoms with E-state index in [1.165, 1.54) is 10.9 Å². The summed E-state index contributed by atoms with van der Waals surface area (Å²) in [6, 6.07) is 27.3. The summed E-state index contributed by atoms with van der Waals surface area (Å²) in [7, 11) is 0. The summed E-state index contributed by atoms with van der Waals surface area (Å²) in [5, 5.41) is 5.96. The number of para-hydroxylation sites is 2. The normalized spacial score (nSPS) is 11.2. The van der Waals surface area contributed by atoms with Gasteiger partial charge in [0.15, 0.2) is 5.82 Å². The minimum Gasteiger partial charge on any atom is -0.422 e.